The van der Waals surface area contributed by atoms with Crippen LogP contribution in [0.5, 0.6) is 11.5 Å². The number of nitrogens with zero attached hydrogens (tertiary/aromatic N) is 2. The van der Waals surface area contributed by atoms with Gasteiger partial charge in [-0.3, -0.25) is 4.79 Å². The molecule has 8 nitrogen and oxygen atoms in total. The third-order valence-corrected chi connectivity index (χ3v) is 11.7. The molecule has 9 heteroatoms. The van der Waals surface area contributed by atoms with Crippen LogP contribution in [0.4, 0.5) is 11.4 Å². The average molecular weight is 653 g/mol. The van der Waals surface area contributed by atoms with Crippen LogP contribution in [0.15, 0.2) is 54.6 Å². The van der Waals surface area contributed by atoms with E-state index in [0.29, 0.717) is 22.2 Å². The molecule has 0 unspecified atom stereocenters. The molecule has 0 aliphatic carbocycles. The van der Waals surface area contributed by atoms with E-state index in [1.54, 1.807) is 30.3 Å². The number of hydrogen-bond donors (Lipinski definition) is 2. The largest absolute Gasteiger partial charge is 0.488 e. The van der Waals surface area contributed by atoms with E-state index in [2.05, 4.69) is 21.9 Å². The SMILES string of the molecule is O=C(Cc1cccc(B(O)O)c1)c1ccc2c(c1)C(=O)OC21c2cc3c4c(c2Oc2c1cc1c5c2CCCN5CCC1)CCCN4CCC3. The van der Waals surface area contributed by atoms with Crippen molar-refractivity contribution < 1.29 is 29.1 Å². The summed E-state index contributed by atoms with van der Waals surface area (Å²) in [4.78, 5) is 32.8. The van der Waals surface area contributed by atoms with E-state index in [1.165, 1.54) is 33.6 Å². The first-order valence-electron chi connectivity index (χ1n) is 17.8. The van der Waals surface area contributed by atoms with Crippen LogP contribution >= 0.6 is 0 Å². The van der Waals surface area contributed by atoms with Gasteiger partial charge in [-0.1, -0.05) is 36.4 Å². The van der Waals surface area contributed by atoms with Gasteiger partial charge in [-0.15, -0.1) is 0 Å². The van der Waals surface area contributed by atoms with E-state index in [-0.39, 0.29) is 12.2 Å². The highest BCUT2D eigenvalue weighted by molar-refractivity contribution is 6.58. The highest BCUT2D eigenvalue weighted by Gasteiger charge is 2.56. The van der Waals surface area contributed by atoms with E-state index in [1.807, 2.05) is 12.1 Å². The molecular weight excluding hydrogens is 615 g/mol. The van der Waals surface area contributed by atoms with Gasteiger partial charge >= 0.3 is 13.1 Å². The first kappa shape index (κ1) is 29.3. The maximum atomic E-state index is 14.2. The molecule has 246 valence electrons. The molecule has 4 aromatic carbocycles. The molecular formula is C40H37BN2O6. The zero-order chi connectivity index (χ0) is 33.0. The highest BCUT2D eigenvalue weighted by atomic mass is 16.6. The second-order valence-corrected chi connectivity index (χ2v) is 14.5. The van der Waals surface area contributed by atoms with Gasteiger partial charge in [0, 0.05) is 77.4 Å². The Morgan fingerprint density at radius 2 is 1.37 bits per heavy atom. The number of fused-ring (bicyclic) bond motifs is 8. The van der Waals surface area contributed by atoms with Crippen LogP contribution in [-0.2, 0) is 42.4 Å². The molecule has 1 spiro atoms. The monoisotopic (exact) mass is 652 g/mol. The summed E-state index contributed by atoms with van der Waals surface area (Å²) in [6.07, 6.45) is 8.14. The molecule has 2 N–H and O–H groups in total. The number of rotatable bonds is 4. The van der Waals surface area contributed by atoms with E-state index in [4.69, 9.17) is 9.47 Å². The predicted octanol–water partition coefficient (Wildman–Crippen LogP) is 4.76. The van der Waals surface area contributed by atoms with Crippen molar-refractivity contribution in [3.8, 4) is 11.5 Å². The Balaban J connectivity index is 1.17. The minimum atomic E-state index is -1.61. The summed E-state index contributed by atoms with van der Waals surface area (Å²) in [5, 5.41) is 19.3. The number of benzene rings is 4. The molecule has 0 fully saturated rings. The Hall–Kier alpha value is -4.60. The quantitative estimate of drug-likeness (QED) is 0.185. The standard InChI is InChI=1S/C40H37BN2O6/c44-34(19-23-6-1-9-27(18-23)41(46)47)24-12-13-31-30(20-24)39(45)49-40(31)32-21-25-7-2-14-42-16-4-10-28(35(25)42)37(32)48-38-29-11-5-17-43-15-3-8-26(36(29)43)22-33(38)40/h1,6,9,12-13,18,20-22,46-47H,2-5,7-8,10-11,14-17,19H2. The van der Waals surface area contributed by atoms with Crippen molar-refractivity contribution in [2.24, 2.45) is 0 Å². The summed E-state index contributed by atoms with van der Waals surface area (Å²) in [5.74, 6) is 1.09. The van der Waals surface area contributed by atoms with E-state index in [0.717, 1.165) is 106 Å². The lowest BCUT2D eigenvalue weighted by Crippen LogP contribution is -2.40. The summed E-state index contributed by atoms with van der Waals surface area (Å²) in [5.41, 5.74) is 10.9. The molecule has 4 aromatic rings. The van der Waals surface area contributed by atoms with Crippen LogP contribution in [0, 0.1) is 0 Å². The number of hydrogen-bond acceptors (Lipinski definition) is 8. The Morgan fingerprint density at radius 3 is 1.98 bits per heavy atom. The third kappa shape index (κ3) is 4.18. The molecule has 6 heterocycles. The van der Waals surface area contributed by atoms with Crippen molar-refractivity contribution >= 4 is 35.7 Å². The number of Topliss-reactive ketones (excluding diaryl/α,β-unsaturated/α-hetero) is 1. The Bertz CT molecular complexity index is 2040. The second kappa shape index (κ2) is 10.7. The van der Waals surface area contributed by atoms with Gasteiger partial charge < -0.3 is 29.3 Å². The minimum Gasteiger partial charge on any atom is -0.456 e. The third-order valence-electron chi connectivity index (χ3n) is 11.7. The number of esters is 1. The minimum absolute atomic E-state index is 0.0665. The van der Waals surface area contributed by atoms with Gasteiger partial charge in [0.2, 0.25) is 0 Å². The average Bonchev–Trinajstić information content (AvgIpc) is 3.41. The molecule has 0 saturated heterocycles. The zero-order valence-corrected chi connectivity index (χ0v) is 27.4. The summed E-state index contributed by atoms with van der Waals surface area (Å²) >= 11 is 0. The van der Waals surface area contributed by atoms with Crippen molar-refractivity contribution in [3.63, 3.8) is 0 Å². The molecule has 6 aliphatic rings. The molecule has 49 heavy (non-hydrogen) atoms. The van der Waals surface area contributed by atoms with Gasteiger partial charge in [0.1, 0.15) is 11.5 Å². The number of ether oxygens (including phenoxy) is 2. The lowest BCUT2D eigenvalue weighted by molar-refractivity contribution is 0.0222. The number of anilines is 2. The smallest absolute Gasteiger partial charge is 0.456 e. The van der Waals surface area contributed by atoms with Gasteiger partial charge in [-0.2, -0.15) is 0 Å². The van der Waals surface area contributed by atoms with Gasteiger partial charge in [0.25, 0.3) is 0 Å². The molecule has 0 bridgehead atoms. The molecule has 0 atom stereocenters. The predicted molar refractivity (Wildman–Crippen MR) is 187 cm³/mol. The zero-order valence-electron chi connectivity index (χ0n) is 27.4. The molecule has 0 saturated carbocycles. The van der Waals surface area contributed by atoms with E-state index >= 15 is 0 Å². The van der Waals surface area contributed by atoms with Crippen molar-refractivity contribution in [1.29, 1.82) is 0 Å². The van der Waals surface area contributed by atoms with Crippen LogP contribution in [0.2, 0.25) is 0 Å². The molecule has 0 radical (unpaired) electrons. The summed E-state index contributed by atoms with van der Waals surface area (Å²) in [6.45, 7) is 4.20. The fraction of sp³-hybridized carbons (Fsp3) is 0.350. The van der Waals surface area contributed by atoms with Crippen molar-refractivity contribution in [3.05, 3.63) is 110 Å². The lowest BCUT2D eigenvalue weighted by atomic mass is 9.72. The van der Waals surface area contributed by atoms with Crippen LogP contribution in [0.25, 0.3) is 0 Å². The van der Waals surface area contributed by atoms with Crippen molar-refractivity contribution in [1.82, 2.24) is 0 Å². The van der Waals surface area contributed by atoms with Crippen LogP contribution in [0.3, 0.4) is 0 Å². The van der Waals surface area contributed by atoms with Gasteiger partial charge in [0.05, 0.1) is 5.56 Å². The molecule has 0 aromatic heterocycles. The Kier molecular flexibility index (Phi) is 6.41. The molecule has 6 aliphatic heterocycles. The van der Waals surface area contributed by atoms with Gasteiger partial charge in [-0.25, -0.2) is 4.79 Å². The van der Waals surface area contributed by atoms with Crippen LogP contribution in [0.1, 0.15) is 90.9 Å². The Labute approximate surface area is 285 Å². The van der Waals surface area contributed by atoms with Crippen molar-refractivity contribution in [2.45, 2.75) is 63.4 Å². The first-order valence-corrected chi connectivity index (χ1v) is 17.8. The van der Waals surface area contributed by atoms with Crippen LogP contribution in [-0.4, -0.2) is 55.1 Å². The number of carbonyl (C=O) groups excluding carboxylic acids is 2. The lowest BCUT2D eigenvalue weighted by Gasteiger charge is -2.45. The maximum Gasteiger partial charge on any atom is 0.488 e. The first-order chi connectivity index (χ1) is 23.9. The fourth-order valence-electron chi connectivity index (χ4n) is 9.66. The normalized spacial score (nSPS) is 18.9. The fourth-order valence-corrected chi connectivity index (χ4v) is 9.66. The number of ketones is 1. The molecule has 10 rings (SSSR count). The summed E-state index contributed by atoms with van der Waals surface area (Å²) in [6, 6.07) is 16.7. The van der Waals surface area contributed by atoms with Crippen LogP contribution < -0.4 is 20.0 Å². The maximum absolute atomic E-state index is 14.2. The van der Waals surface area contributed by atoms with Crippen molar-refractivity contribution in [2.75, 3.05) is 36.0 Å². The van der Waals surface area contributed by atoms with Gasteiger partial charge in [-0.05, 0) is 91.7 Å². The van der Waals surface area contributed by atoms with Gasteiger partial charge in [0.15, 0.2) is 11.4 Å². The second-order valence-electron chi connectivity index (χ2n) is 14.5. The molecule has 0 amide bonds. The summed E-state index contributed by atoms with van der Waals surface area (Å²) < 4.78 is 13.9. The number of aryl methyl sites for hydroxylation is 2. The van der Waals surface area contributed by atoms with E-state index < -0.39 is 18.7 Å². The number of carbonyl (C=O) groups is 2. The highest BCUT2D eigenvalue weighted by Crippen LogP contribution is 2.62. The Morgan fingerprint density at radius 1 is 0.755 bits per heavy atom. The summed E-state index contributed by atoms with van der Waals surface area (Å²) in [7, 11) is -1.61. The topological polar surface area (TPSA) is 99.5 Å². The van der Waals surface area contributed by atoms with E-state index in [9.17, 15) is 19.6 Å².